The van der Waals surface area contributed by atoms with Gasteiger partial charge in [-0.05, 0) is 39.5 Å². The average Bonchev–Trinajstić information content (AvgIpc) is 2.15. The van der Waals surface area contributed by atoms with E-state index in [4.69, 9.17) is 0 Å². The quantitative estimate of drug-likeness (QED) is 0.747. The van der Waals surface area contributed by atoms with Gasteiger partial charge in [0.1, 0.15) is 0 Å². The van der Waals surface area contributed by atoms with Gasteiger partial charge in [0, 0.05) is 25.7 Å². The molecule has 0 amide bonds. The highest BCUT2D eigenvalue weighted by Gasteiger charge is 2.34. The summed E-state index contributed by atoms with van der Waals surface area (Å²) < 4.78 is 0. The van der Waals surface area contributed by atoms with Crippen LogP contribution in [-0.4, -0.2) is 63.2 Å². The molecule has 1 saturated heterocycles. The zero-order valence-corrected chi connectivity index (χ0v) is 11.0. The second-order valence-corrected chi connectivity index (χ2v) is 5.68. The van der Waals surface area contributed by atoms with Crippen LogP contribution < -0.4 is 5.32 Å². The number of rotatable bonds is 4. The van der Waals surface area contributed by atoms with Crippen LogP contribution in [0.1, 0.15) is 20.3 Å². The van der Waals surface area contributed by atoms with E-state index in [9.17, 15) is 0 Å². The number of piperidine rings is 1. The fraction of sp³-hybridized carbons (Fsp3) is 1.00. The average molecular weight is 213 g/mol. The van der Waals surface area contributed by atoms with Crippen LogP contribution in [0.3, 0.4) is 0 Å². The fourth-order valence-electron chi connectivity index (χ4n) is 2.24. The summed E-state index contributed by atoms with van der Waals surface area (Å²) in [4.78, 5) is 4.83. The van der Waals surface area contributed by atoms with Gasteiger partial charge in [0.15, 0.2) is 0 Å². The smallest absolute Gasteiger partial charge is 0.0243 e. The zero-order valence-electron chi connectivity index (χ0n) is 11.0. The van der Waals surface area contributed by atoms with Crippen molar-refractivity contribution in [2.24, 2.45) is 5.41 Å². The Hall–Kier alpha value is -0.120. The molecule has 1 atom stereocenters. The lowest BCUT2D eigenvalue weighted by atomic mass is 9.78. The molecule has 90 valence electrons. The van der Waals surface area contributed by atoms with Gasteiger partial charge in [-0.1, -0.05) is 13.8 Å². The van der Waals surface area contributed by atoms with Crippen molar-refractivity contribution in [3.8, 4) is 0 Å². The molecule has 3 nitrogen and oxygen atoms in total. The van der Waals surface area contributed by atoms with Gasteiger partial charge in [-0.15, -0.1) is 0 Å². The lowest BCUT2D eigenvalue weighted by molar-refractivity contribution is 0.0852. The van der Waals surface area contributed by atoms with E-state index >= 15 is 0 Å². The predicted octanol–water partition coefficient (Wildman–Crippen LogP) is 0.868. The molecule has 1 rings (SSSR count). The SMILES string of the molecule is CNC1CN(CCN(C)C)CCC1(C)C. The van der Waals surface area contributed by atoms with E-state index in [0.717, 1.165) is 6.54 Å². The molecule has 0 radical (unpaired) electrons. The first-order valence-electron chi connectivity index (χ1n) is 6.00. The van der Waals surface area contributed by atoms with Crippen LogP contribution >= 0.6 is 0 Å². The Balaban J connectivity index is 2.39. The summed E-state index contributed by atoms with van der Waals surface area (Å²) in [5.74, 6) is 0. The molecule has 0 aromatic carbocycles. The molecular weight excluding hydrogens is 186 g/mol. The van der Waals surface area contributed by atoms with Crippen LogP contribution in [0.25, 0.3) is 0 Å². The number of hydrogen-bond acceptors (Lipinski definition) is 3. The molecule has 0 saturated carbocycles. The topological polar surface area (TPSA) is 18.5 Å². The van der Waals surface area contributed by atoms with E-state index in [2.05, 4.69) is 50.1 Å². The molecule has 1 unspecified atom stereocenters. The molecule has 0 spiro atoms. The Kier molecular flexibility index (Phi) is 4.56. The molecule has 1 heterocycles. The fourth-order valence-corrected chi connectivity index (χ4v) is 2.24. The normalized spacial score (nSPS) is 27.2. The Morgan fingerprint density at radius 3 is 2.60 bits per heavy atom. The molecule has 1 N–H and O–H groups in total. The van der Waals surface area contributed by atoms with Gasteiger partial charge in [-0.2, -0.15) is 0 Å². The molecule has 15 heavy (non-hydrogen) atoms. The highest BCUT2D eigenvalue weighted by atomic mass is 15.2. The summed E-state index contributed by atoms with van der Waals surface area (Å²) in [6.07, 6.45) is 1.30. The monoisotopic (exact) mass is 213 g/mol. The number of likely N-dealkylation sites (tertiary alicyclic amines) is 1. The second-order valence-electron chi connectivity index (χ2n) is 5.68. The molecule has 1 fully saturated rings. The highest BCUT2D eigenvalue weighted by molar-refractivity contribution is 4.90. The van der Waals surface area contributed by atoms with E-state index < -0.39 is 0 Å². The molecule has 3 heteroatoms. The van der Waals surface area contributed by atoms with Gasteiger partial charge < -0.3 is 15.1 Å². The predicted molar refractivity (Wildman–Crippen MR) is 66.2 cm³/mol. The molecule has 1 aliphatic rings. The van der Waals surface area contributed by atoms with E-state index in [1.807, 2.05) is 0 Å². The third kappa shape index (κ3) is 3.74. The van der Waals surface area contributed by atoms with Crippen molar-refractivity contribution in [1.29, 1.82) is 0 Å². The first kappa shape index (κ1) is 12.9. The van der Waals surface area contributed by atoms with E-state index in [1.165, 1.54) is 26.1 Å². The van der Waals surface area contributed by atoms with Gasteiger partial charge in [-0.3, -0.25) is 0 Å². The van der Waals surface area contributed by atoms with Crippen molar-refractivity contribution < 1.29 is 0 Å². The van der Waals surface area contributed by atoms with E-state index in [1.54, 1.807) is 0 Å². The summed E-state index contributed by atoms with van der Waals surface area (Å²) in [6.45, 7) is 9.55. The summed E-state index contributed by atoms with van der Waals surface area (Å²) >= 11 is 0. The van der Waals surface area contributed by atoms with Crippen LogP contribution in [0.15, 0.2) is 0 Å². The Bertz CT molecular complexity index is 187. The summed E-state index contributed by atoms with van der Waals surface area (Å²) in [6, 6.07) is 0.633. The third-order valence-corrected chi connectivity index (χ3v) is 3.67. The first-order chi connectivity index (χ1) is 6.95. The van der Waals surface area contributed by atoms with Crippen molar-refractivity contribution >= 4 is 0 Å². The molecule has 0 aromatic heterocycles. The van der Waals surface area contributed by atoms with Gasteiger partial charge in [0.25, 0.3) is 0 Å². The third-order valence-electron chi connectivity index (χ3n) is 3.67. The lowest BCUT2D eigenvalue weighted by Gasteiger charge is -2.44. The Labute approximate surface area is 94.8 Å². The van der Waals surface area contributed by atoms with E-state index in [0.29, 0.717) is 11.5 Å². The second kappa shape index (κ2) is 5.28. The Morgan fingerprint density at radius 2 is 2.07 bits per heavy atom. The van der Waals surface area contributed by atoms with Gasteiger partial charge in [-0.25, -0.2) is 0 Å². The zero-order chi connectivity index (χ0) is 11.5. The minimum atomic E-state index is 0.448. The van der Waals surface area contributed by atoms with Crippen LogP contribution in [0, 0.1) is 5.41 Å². The van der Waals surface area contributed by atoms with Crippen molar-refractivity contribution in [3.63, 3.8) is 0 Å². The van der Waals surface area contributed by atoms with Crippen LogP contribution in [-0.2, 0) is 0 Å². The van der Waals surface area contributed by atoms with Gasteiger partial charge in [0.05, 0.1) is 0 Å². The van der Waals surface area contributed by atoms with Crippen LogP contribution in [0.4, 0.5) is 0 Å². The number of nitrogens with zero attached hydrogens (tertiary/aromatic N) is 2. The maximum absolute atomic E-state index is 3.46. The van der Waals surface area contributed by atoms with Gasteiger partial charge in [0.2, 0.25) is 0 Å². The molecule has 0 bridgehead atoms. The van der Waals surface area contributed by atoms with Crippen molar-refractivity contribution in [1.82, 2.24) is 15.1 Å². The minimum Gasteiger partial charge on any atom is -0.315 e. The molecule has 0 aliphatic carbocycles. The van der Waals surface area contributed by atoms with Crippen molar-refractivity contribution in [2.75, 3.05) is 47.3 Å². The van der Waals surface area contributed by atoms with Crippen LogP contribution in [0.2, 0.25) is 0 Å². The largest absolute Gasteiger partial charge is 0.315 e. The maximum Gasteiger partial charge on any atom is 0.0243 e. The number of likely N-dealkylation sites (N-methyl/N-ethyl adjacent to an activating group) is 2. The Morgan fingerprint density at radius 1 is 1.40 bits per heavy atom. The van der Waals surface area contributed by atoms with Crippen molar-refractivity contribution in [3.05, 3.63) is 0 Å². The summed E-state index contributed by atoms with van der Waals surface area (Å²) in [5, 5.41) is 3.46. The highest BCUT2D eigenvalue weighted by Crippen LogP contribution is 2.29. The minimum absolute atomic E-state index is 0.448. The lowest BCUT2D eigenvalue weighted by Crippen LogP contribution is -2.54. The van der Waals surface area contributed by atoms with Gasteiger partial charge >= 0.3 is 0 Å². The van der Waals surface area contributed by atoms with Crippen LogP contribution in [0.5, 0.6) is 0 Å². The molecule has 1 aliphatic heterocycles. The first-order valence-corrected chi connectivity index (χ1v) is 6.00. The molecule has 0 aromatic rings. The molecular formula is C12H27N3. The van der Waals surface area contributed by atoms with Crippen molar-refractivity contribution in [2.45, 2.75) is 26.3 Å². The standard InChI is InChI=1S/C12H27N3/c1-12(2)6-7-15(9-8-14(4)5)10-11(12)13-3/h11,13H,6-10H2,1-5H3. The number of nitrogens with one attached hydrogen (secondary N) is 1. The number of hydrogen-bond donors (Lipinski definition) is 1. The summed E-state index contributed by atoms with van der Waals surface area (Å²) in [5.41, 5.74) is 0.448. The summed E-state index contributed by atoms with van der Waals surface area (Å²) in [7, 11) is 6.37. The maximum atomic E-state index is 3.46. The van der Waals surface area contributed by atoms with E-state index in [-0.39, 0.29) is 0 Å².